The van der Waals surface area contributed by atoms with Crippen LogP contribution in [0.1, 0.15) is 53.0 Å². The maximum absolute atomic E-state index is 13.5. The van der Waals surface area contributed by atoms with Crippen molar-refractivity contribution in [2.45, 2.75) is 51.0 Å². The minimum atomic E-state index is -4.83. The fourth-order valence-electron chi connectivity index (χ4n) is 6.56. The molecule has 5 rings (SSSR count). The third-order valence-electron chi connectivity index (χ3n) is 8.49. The van der Waals surface area contributed by atoms with Gasteiger partial charge in [-0.2, -0.15) is 0 Å². The van der Waals surface area contributed by atoms with Crippen molar-refractivity contribution in [3.63, 3.8) is 0 Å². The Balaban J connectivity index is 0.00000461. The van der Waals surface area contributed by atoms with Crippen LogP contribution in [0.5, 0.6) is 0 Å². The van der Waals surface area contributed by atoms with Crippen LogP contribution in [0.2, 0.25) is 0 Å². The molecular formula is C32H35N3NaO8P. The number of aliphatic carboxylic acids is 1. The number of amides is 2. The molecule has 1 fully saturated rings. The molecule has 5 atom stereocenters. The number of nitrogens with zero attached hydrogens (tertiary/aromatic N) is 2. The van der Waals surface area contributed by atoms with E-state index in [4.69, 9.17) is 0 Å². The first-order chi connectivity index (χ1) is 20.9. The third-order valence-corrected chi connectivity index (χ3v) is 9.74. The molecule has 1 saturated heterocycles. The molecular weight excluding hydrogens is 608 g/mol. The maximum Gasteiger partial charge on any atom is 1.00 e. The monoisotopic (exact) mass is 643 g/mol. The summed E-state index contributed by atoms with van der Waals surface area (Å²) in [7, 11) is -4.83. The van der Waals surface area contributed by atoms with E-state index in [0.29, 0.717) is 28.5 Å². The Morgan fingerprint density at radius 3 is 2.11 bits per heavy atom. The average Bonchev–Trinajstić information content (AvgIpc) is 3.34. The van der Waals surface area contributed by atoms with Crippen LogP contribution in [0.15, 0.2) is 71.7 Å². The summed E-state index contributed by atoms with van der Waals surface area (Å²) < 4.78 is 0. The fourth-order valence-corrected chi connectivity index (χ4v) is 7.79. The van der Waals surface area contributed by atoms with Crippen LogP contribution < -0.4 is 44.9 Å². The van der Waals surface area contributed by atoms with Gasteiger partial charge in [-0.3, -0.25) is 24.8 Å². The minimum Gasteiger partial charge on any atom is -0.861 e. The van der Waals surface area contributed by atoms with Gasteiger partial charge in [0.25, 0.3) is 11.8 Å². The zero-order chi connectivity index (χ0) is 31.8. The second-order valence-electron chi connectivity index (χ2n) is 11.9. The normalized spacial score (nSPS) is 22.5. The van der Waals surface area contributed by atoms with E-state index in [-0.39, 0.29) is 54.9 Å². The van der Waals surface area contributed by atoms with Gasteiger partial charge in [0.05, 0.1) is 0 Å². The molecule has 0 aromatic heterocycles. The largest absolute Gasteiger partial charge is 1.00 e. The van der Waals surface area contributed by atoms with Gasteiger partial charge in [-0.15, -0.1) is 0 Å². The van der Waals surface area contributed by atoms with E-state index in [1.165, 1.54) is 0 Å². The molecule has 2 aliphatic rings. The number of benzene rings is 3. The number of aliphatic imine (C=N–C) groups is 1. The van der Waals surface area contributed by atoms with E-state index < -0.39 is 61.3 Å². The summed E-state index contributed by atoms with van der Waals surface area (Å²) in [4.78, 5) is 77.5. The predicted molar refractivity (Wildman–Crippen MR) is 161 cm³/mol. The number of imide groups is 1. The molecule has 2 heterocycles. The molecule has 45 heavy (non-hydrogen) atoms. The second kappa shape index (κ2) is 14.4. The molecule has 3 aromatic rings. The summed E-state index contributed by atoms with van der Waals surface area (Å²) in [5, 5.41) is 27.5. The van der Waals surface area contributed by atoms with E-state index in [0.717, 1.165) is 10.3 Å². The van der Waals surface area contributed by atoms with Crippen molar-refractivity contribution < 1.29 is 68.8 Å². The third kappa shape index (κ3) is 7.48. The Kier molecular flexibility index (Phi) is 11.2. The number of rotatable bonds is 11. The van der Waals surface area contributed by atoms with Gasteiger partial charge in [-0.05, 0) is 53.7 Å². The Hall–Kier alpha value is -2.73. The van der Waals surface area contributed by atoms with Crippen LogP contribution in [0.4, 0.5) is 0 Å². The number of carbonyl (C=O) groups excluding carboxylic acids is 2. The smallest absolute Gasteiger partial charge is 0.861 e. The van der Waals surface area contributed by atoms with Gasteiger partial charge in [0.2, 0.25) is 7.94 Å². The number of carboxylic acids is 1. The summed E-state index contributed by atoms with van der Waals surface area (Å²) in [6, 6.07) is 16.6. The first kappa shape index (κ1) is 35.1. The van der Waals surface area contributed by atoms with Crippen molar-refractivity contribution in [3.05, 3.63) is 83.4 Å². The maximum atomic E-state index is 13.5. The molecule has 0 radical (unpaired) electrons. The molecule has 4 N–H and O–H groups in total. The van der Waals surface area contributed by atoms with Crippen LogP contribution in [0.3, 0.4) is 0 Å². The van der Waals surface area contributed by atoms with Gasteiger partial charge in [-0.1, -0.05) is 68.4 Å². The standard InChI is InChI=1S/C32H36N3O8P.Na/c1-18(2)16-24-21(14-15-35-30(37)22-12-6-10-20-11-7-13-23(26(20)22)31(35)38)29(44(41,42)43)34-27(24)28(36)33-25(32(39)40)17-19-8-4-3-5-9-19;/h3-13,18,21,24-25,27,29,34H,14-17H2,1-2H3,(H,33,36)(H,39,40)(H2,41,42,43);/q;+1/p-1/t21-,24-,25+,27-,29-;/m1./s1. The van der Waals surface area contributed by atoms with Crippen LogP contribution in [-0.2, 0) is 11.2 Å². The zero-order valence-electron chi connectivity index (χ0n) is 25.4. The van der Waals surface area contributed by atoms with Crippen LogP contribution in [0, 0.1) is 17.8 Å². The number of carboxylic acid groups (broad SMARTS) is 1. The summed E-state index contributed by atoms with van der Waals surface area (Å²) in [6.07, 6.45) is 0.370. The number of nitrogens with one attached hydrogen (secondary N) is 1. The molecule has 0 saturated carbocycles. The predicted octanol–water partition coefficient (Wildman–Crippen LogP) is -1.03. The number of hydrogen-bond donors (Lipinski definition) is 4. The molecule has 11 nitrogen and oxygen atoms in total. The van der Waals surface area contributed by atoms with E-state index >= 15 is 0 Å². The fraction of sp³-hybridized carbons (Fsp3) is 0.375. The topological polar surface area (TPSA) is 186 Å². The van der Waals surface area contributed by atoms with E-state index in [1.807, 2.05) is 26.0 Å². The molecule has 232 valence electrons. The van der Waals surface area contributed by atoms with Crippen molar-refractivity contribution >= 4 is 42.4 Å². The second-order valence-corrected chi connectivity index (χ2v) is 13.6. The SMILES string of the molecule is CC(C)C[C@@H]1[C@@H](CCN2C(=O)c3cccc4cccc(c34)C2=O)[C@@H]([P+]([O-])(O)O)N[C@H]1C([O-])=N[C@@H](Cc1ccccc1)C(=O)O.[Na+]. The first-order valence-corrected chi connectivity index (χ1v) is 16.3. The number of hydrogen-bond acceptors (Lipinski definition) is 9. The summed E-state index contributed by atoms with van der Waals surface area (Å²) in [6.45, 7) is 3.69. The van der Waals surface area contributed by atoms with Crippen LogP contribution in [-0.4, -0.2) is 67.9 Å². The van der Waals surface area contributed by atoms with E-state index in [2.05, 4.69) is 10.3 Å². The molecule has 2 amide bonds. The van der Waals surface area contributed by atoms with Gasteiger partial charge in [0.1, 0.15) is 6.04 Å². The van der Waals surface area contributed by atoms with E-state index in [1.54, 1.807) is 54.6 Å². The molecule has 0 unspecified atom stereocenters. The van der Waals surface area contributed by atoms with Crippen molar-refractivity contribution in [2.75, 3.05) is 6.54 Å². The zero-order valence-corrected chi connectivity index (χ0v) is 28.3. The summed E-state index contributed by atoms with van der Waals surface area (Å²) in [5.74, 6) is -5.96. The molecule has 0 spiro atoms. The molecule has 13 heteroatoms. The van der Waals surface area contributed by atoms with Gasteiger partial charge < -0.3 is 15.1 Å². The molecule has 2 aliphatic heterocycles. The molecule has 3 aromatic carbocycles. The average molecular weight is 644 g/mol. The van der Waals surface area contributed by atoms with Crippen LogP contribution >= 0.6 is 7.94 Å². The Morgan fingerprint density at radius 1 is 0.978 bits per heavy atom. The van der Waals surface area contributed by atoms with Crippen molar-refractivity contribution in [3.8, 4) is 0 Å². The van der Waals surface area contributed by atoms with Crippen molar-refractivity contribution in [1.82, 2.24) is 10.2 Å². The Morgan fingerprint density at radius 2 is 1.58 bits per heavy atom. The van der Waals surface area contributed by atoms with Gasteiger partial charge in [0, 0.05) is 41.4 Å². The van der Waals surface area contributed by atoms with Crippen LogP contribution in [0.25, 0.3) is 10.8 Å². The van der Waals surface area contributed by atoms with Gasteiger partial charge in [0.15, 0.2) is 5.78 Å². The van der Waals surface area contributed by atoms with Gasteiger partial charge >= 0.3 is 35.5 Å². The molecule has 0 aliphatic carbocycles. The summed E-state index contributed by atoms with van der Waals surface area (Å²) in [5.41, 5.74) is 1.42. The van der Waals surface area contributed by atoms with E-state index in [9.17, 15) is 39.3 Å². The van der Waals surface area contributed by atoms with Gasteiger partial charge in [-0.25, -0.2) is 14.6 Å². The van der Waals surface area contributed by atoms with Crippen molar-refractivity contribution in [1.29, 1.82) is 0 Å². The molecule has 0 bridgehead atoms. The minimum absolute atomic E-state index is 0. The number of carbonyl (C=O) groups is 3. The Labute approximate surface area is 283 Å². The quantitative estimate of drug-likeness (QED) is 0.0667. The first-order valence-electron chi connectivity index (χ1n) is 14.6. The van der Waals surface area contributed by atoms with Crippen molar-refractivity contribution in [2.24, 2.45) is 22.7 Å². The Bertz CT molecular complexity index is 1550. The summed E-state index contributed by atoms with van der Waals surface area (Å²) >= 11 is 0.